The van der Waals surface area contributed by atoms with Crippen LogP contribution in [-0.4, -0.2) is 13.2 Å². The first kappa shape index (κ1) is 12.8. The lowest BCUT2D eigenvalue weighted by Crippen LogP contribution is -2.26. The summed E-state index contributed by atoms with van der Waals surface area (Å²) >= 11 is 0. The standard InChI is InChI=1S/C10H13NO2.H2S/c1-8(11-10(12)13-2)9-6-4-3-5-7-9;/h3-8H,1-2H3,(H,11,12);1H2/t8-;/m0./s1. The fourth-order valence-electron chi connectivity index (χ4n) is 1.06. The van der Waals surface area contributed by atoms with Gasteiger partial charge in [-0.05, 0) is 12.5 Å². The van der Waals surface area contributed by atoms with Crippen molar-refractivity contribution in [3.05, 3.63) is 35.9 Å². The summed E-state index contributed by atoms with van der Waals surface area (Å²) in [5.41, 5.74) is 1.06. The molecule has 0 saturated carbocycles. The van der Waals surface area contributed by atoms with Gasteiger partial charge in [0, 0.05) is 0 Å². The van der Waals surface area contributed by atoms with E-state index < -0.39 is 6.09 Å². The molecule has 1 aromatic carbocycles. The number of carbonyl (C=O) groups is 1. The fourth-order valence-corrected chi connectivity index (χ4v) is 1.06. The third kappa shape index (κ3) is 3.70. The van der Waals surface area contributed by atoms with E-state index in [1.165, 1.54) is 7.11 Å². The quantitative estimate of drug-likeness (QED) is 0.818. The Bertz CT molecular complexity index is 277. The van der Waals surface area contributed by atoms with Crippen LogP contribution in [0.15, 0.2) is 30.3 Å². The molecule has 0 radical (unpaired) electrons. The van der Waals surface area contributed by atoms with Crippen molar-refractivity contribution in [2.24, 2.45) is 0 Å². The Morgan fingerprint density at radius 2 is 1.93 bits per heavy atom. The van der Waals surface area contributed by atoms with E-state index in [0.29, 0.717) is 0 Å². The van der Waals surface area contributed by atoms with E-state index in [0.717, 1.165) is 5.56 Å². The van der Waals surface area contributed by atoms with Crippen LogP contribution < -0.4 is 5.32 Å². The van der Waals surface area contributed by atoms with Crippen LogP contribution >= 0.6 is 13.5 Å². The van der Waals surface area contributed by atoms with Crippen molar-refractivity contribution in [1.82, 2.24) is 5.32 Å². The Hall–Kier alpha value is -1.16. The molecule has 4 heteroatoms. The number of rotatable bonds is 2. The monoisotopic (exact) mass is 213 g/mol. The van der Waals surface area contributed by atoms with Crippen LogP contribution in [0.3, 0.4) is 0 Å². The van der Waals surface area contributed by atoms with Crippen LogP contribution in [0.5, 0.6) is 0 Å². The number of methoxy groups -OCH3 is 1. The summed E-state index contributed by atoms with van der Waals surface area (Å²) in [6, 6.07) is 9.71. The maximum Gasteiger partial charge on any atom is 0.407 e. The number of hydrogen-bond donors (Lipinski definition) is 1. The fraction of sp³-hybridized carbons (Fsp3) is 0.300. The molecule has 0 unspecified atom stereocenters. The first-order valence-electron chi connectivity index (χ1n) is 4.13. The van der Waals surface area contributed by atoms with Gasteiger partial charge in [0.25, 0.3) is 0 Å². The summed E-state index contributed by atoms with van der Waals surface area (Å²) in [6.45, 7) is 1.91. The minimum atomic E-state index is -0.406. The molecular formula is C10H15NO2S. The molecule has 0 spiro atoms. The molecule has 1 aromatic rings. The second kappa shape index (κ2) is 6.32. The molecule has 1 rings (SSSR count). The Balaban J connectivity index is 0.00000169. The summed E-state index contributed by atoms with van der Waals surface area (Å²) in [4.78, 5) is 10.9. The number of amides is 1. The third-order valence-electron chi connectivity index (χ3n) is 1.82. The van der Waals surface area contributed by atoms with Gasteiger partial charge >= 0.3 is 6.09 Å². The van der Waals surface area contributed by atoms with Crippen LogP contribution in [-0.2, 0) is 4.74 Å². The summed E-state index contributed by atoms with van der Waals surface area (Å²) in [5.74, 6) is 0. The van der Waals surface area contributed by atoms with Gasteiger partial charge in [-0.15, -0.1) is 0 Å². The summed E-state index contributed by atoms with van der Waals surface area (Å²) in [7, 11) is 1.35. The Morgan fingerprint density at radius 3 is 2.43 bits per heavy atom. The average molecular weight is 213 g/mol. The third-order valence-corrected chi connectivity index (χ3v) is 1.82. The van der Waals surface area contributed by atoms with Gasteiger partial charge in [0.1, 0.15) is 0 Å². The molecule has 78 valence electrons. The lowest BCUT2D eigenvalue weighted by molar-refractivity contribution is 0.167. The zero-order chi connectivity index (χ0) is 9.68. The minimum Gasteiger partial charge on any atom is -0.453 e. The Labute approximate surface area is 90.9 Å². The van der Waals surface area contributed by atoms with Crippen molar-refractivity contribution in [2.75, 3.05) is 7.11 Å². The van der Waals surface area contributed by atoms with E-state index in [1.807, 2.05) is 37.3 Å². The van der Waals surface area contributed by atoms with Crippen molar-refractivity contribution < 1.29 is 9.53 Å². The van der Waals surface area contributed by atoms with E-state index in [2.05, 4.69) is 10.1 Å². The van der Waals surface area contributed by atoms with Crippen molar-refractivity contribution in [2.45, 2.75) is 13.0 Å². The van der Waals surface area contributed by atoms with Crippen LogP contribution in [0.1, 0.15) is 18.5 Å². The number of carbonyl (C=O) groups excluding carboxylic acids is 1. The Morgan fingerprint density at radius 1 is 1.36 bits per heavy atom. The van der Waals surface area contributed by atoms with Crippen LogP contribution in [0, 0.1) is 0 Å². The van der Waals surface area contributed by atoms with E-state index in [9.17, 15) is 4.79 Å². The Kier molecular flexibility index (Phi) is 5.79. The molecule has 1 N–H and O–H groups in total. The van der Waals surface area contributed by atoms with Crippen LogP contribution in [0.2, 0.25) is 0 Å². The number of hydrogen-bond acceptors (Lipinski definition) is 2. The highest BCUT2D eigenvalue weighted by atomic mass is 32.1. The molecule has 0 aliphatic heterocycles. The summed E-state index contributed by atoms with van der Waals surface area (Å²) in [6.07, 6.45) is -0.406. The molecule has 1 amide bonds. The molecule has 0 bridgehead atoms. The first-order valence-corrected chi connectivity index (χ1v) is 4.13. The predicted molar refractivity (Wildman–Crippen MR) is 60.8 cm³/mol. The van der Waals surface area contributed by atoms with Crippen LogP contribution in [0.25, 0.3) is 0 Å². The largest absolute Gasteiger partial charge is 0.453 e. The van der Waals surface area contributed by atoms with Crippen molar-refractivity contribution in [3.8, 4) is 0 Å². The van der Waals surface area contributed by atoms with E-state index in [-0.39, 0.29) is 19.5 Å². The lowest BCUT2D eigenvalue weighted by Gasteiger charge is -2.12. The number of nitrogens with one attached hydrogen (secondary N) is 1. The number of benzene rings is 1. The topological polar surface area (TPSA) is 38.3 Å². The second-order valence-corrected chi connectivity index (χ2v) is 2.77. The maximum absolute atomic E-state index is 10.9. The predicted octanol–water partition coefficient (Wildman–Crippen LogP) is 2.22. The van der Waals surface area contributed by atoms with Gasteiger partial charge in [-0.3, -0.25) is 0 Å². The van der Waals surface area contributed by atoms with E-state index in [1.54, 1.807) is 0 Å². The highest BCUT2D eigenvalue weighted by Gasteiger charge is 2.07. The molecule has 14 heavy (non-hydrogen) atoms. The zero-order valence-corrected chi connectivity index (χ0v) is 9.28. The molecule has 0 heterocycles. The highest BCUT2D eigenvalue weighted by molar-refractivity contribution is 7.59. The molecule has 0 fully saturated rings. The maximum atomic E-state index is 10.9. The molecule has 1 atom stereocenters. The molecule has 0 aliphatic carbocycles. The molecule has 0 saturated heterocycles. The normalized spacial score (nSPS) is 11.0. The van der Waals surface area contributed by atoms with Crippen molar-refractivity contribution in [3.63, 3.8) is 0 Å². The van der Waals surface area contributed by atoms with Gasteiger partial charge in [-0.2, -0.15) is 13.5 Å². The zero-order valence-electron chi connectivity index (χ0n) is 8.28. The first-order chi connectivity index (χ1) is 6.24. The minimum absolute atomic E-state index is 0. The molecule has 0 aromatic heterocycles. The van der Waals surface area contributed by atoms with Crippen molar-refractivity contribution >= 4 is 19.6 Å². The molecule has 0 aliphatic rings. The van der Waals surface area contributed by atoms with Gasteiger partial charge in [0.2, 0.25) is 0 Å². The van der Waals surface area contributed by atoms with Gasteiger partial charge in [-0.25, -0.2) is 4.79 Å². The second-order valence-electron chi connectivity index (χ2n) is 2.77. The van der Waals surface area contributed by atoms with Gasteiger partial charge in [0.05, 0.1) is 13.2 Å². The van der Waals surface area contributed by atoms with Gasteiger partial charge in [-0.1, -0.05) is 30.3 Å². The number of alkyl carbamates (subject to hydrolysis) is 1. The molecular weight excluding hydrogens is 198 g/mol. The van der Waals surface area contributed by atoms with E-state index >= 15 is 0 Å². The van der Waals surface area contributed by atoms with Crippen molar-refractivity contribution in [1.29, 1.82) is 0 Å². The smallest absolute Gasteiger partial charge is 0.407 e. The highest BCUT2D eigenvalue weighted by Crippen LogP contribution is 2.10. The van der Waals surface area contributed by atoms with E-state index in [4.69, 9.17) is 0 Å². The summed E-state index contributed by atoms with van der Waals surface area (Å²) in [5, 5.41) is 2.68. The average Bonchev–Trinajstić information content (AvgIpc) is 2.19. The van der Waals surface area contributed by atoms with Gasteiger partial charge in [0.15, 0.2) is 0 Å². The SMILES string of the molecule is COC(=O)N[C@@H](C)c1ccccc1.S. The van der Waals surface area contributed by atoms with Gasteiger partial charge < -0.3 is 10.1 Å². The molecule has 3 nitrogen and oxygen atoms in total. The number of ether oxygens (including phenoxy) is 1. The lowest BCUT2D eigenvalue weighted by atomic mass is 10.1. The summed E-state index contributed by atoms with van der Waals surface area (Å²) < 4.78 is 4.49. The van der Waals surface area contributed by atoms with Crippen LogP contribution in [0.4, 0.5) is 4.79 Å².